The van der Waals surface area contributed by atoms with Gasteiger partial charge in [-0.15, -0.1) is 0 Å². The summed E-state index contributed by atoms with van der Waals surface area (Å²) in [7, 11) is 1.48. The van der Waals surface area contributed by atoms with Gasteiger partial charge in [0.15, 0.2) is 6.61 Å². The Hall–Kier alpha value is -1.27. The summed E-state index contributed by atoms with van der Waals surface area (Å²) in [5.41, 5.74) is 0. The van der Waals surface area contributed by atoms with Crippen molar-refractivity contribution in [2.24, 2.45) is 0 Å². The molecule has 1 aliphatic carbocycles. The highest BCUT2D eigenvalue weighted by Crippen LogP contribution is 2.19. The van der Waals surface area contributed by atoms with Gasteiger partial charge in [0.1, 0.15) is 5.75 Å². The third kappa shape index (κ3) is 5.21. The first-order valence-corrected chi connectivity index (χ1v) is 9.23. The Morgan fingerprint density at radius 1 is 1.19 bits per heavy atom. The lowest BCUT2D eigenvalue weighted by molar-refractivity contribution is -0.124. The van der Waals surface area contributed by atoms with E-state index in [1.165, 1.54) is 30.7 Å². The van der Waals surface area contributed by atoms with Crippen molar-refractivity contribution in [1.29, 1.82) is 0 Å². The third-order valence-corrected chi connectivity index (χ3v) is 4.82. The van der Waals surface area contributed by atoms with Crippen molar-refractivity contribution in [3.8, 4) is 5.75 Å². The van der Waals surface area contributed by atoms with Crippen LogP contribution in [0.5, 0.6) is 5.75 Å². The maximum atomic E-state index is 11.8. The quantitative estimate of drug-likeness (QED) is 0.841. The van der Waals surface area contributed by atoms with Gasteiger partial charge in [0.05, 0.1) is 4.90 Å². The Labute approximate surface area is 129 Å². The van der Waals surface area contributed by atoms with Crippen molar-refractivity contribution < 1.29 is 17.9 Å². The highest BCUT2D eigenvalue weighted by Gasteiger charge is 2.16. The number of hydrogen-bond donors (Lipinski definition) is 1. The summed E-state index contributed by atoms with van der Waals surface area (Å²) >= 11 is 0. The second kappa shape index (κ2) is 7.13. The van der Waals surface area contributed by atoms with E-state index in [-0.39, 0.29) is 23.5 Å². The summed E-state index contributed by atoms with van der Waals surface area (Å²) < 4.78 is 27.5. The first kappa shape index (κ1) is 16.1. The van der Waals surface area contributed by atoms with Crippen LogP contribution in [0, 0.1) is 0 Å². The number of amides is 1. The van der Waals surface area contributed by atoms with Crippen molar-refractivity contribution in [3.05, 3.63) is 24.3 Å². The normalized spacial score (nSPS) is 16.4. The number of carbonyl (C=O) groups is 1. The van der Waals surface area contributed by atoms with Crippen LogP contribution in [0.15, 0.2) is 29.2 Å². The zero-order chi connectivity index (χ0) is 15.3. The fourth-order valence-electron chi connectivity index (χ4n) is 2.36. The lowest BCUT2D eigenvalue weighted by Gasteiger charge is -2.22. The van der Waals surface area contributed by atoms with Gasteiger partial charge in [0.25, 0.3) is 15.0 Å². The zero-order valence-corrected chi connectivity index (χ0v) is 13.1. The predicted octanol–water partition coefficient (Wildman–Crippen LogP) is 2.44. The minimum atomic E-state index is -3.73. The minimum Gasteiger partial charge on any atom is -0.484 e. The van der Waals surface area contributed by atoms with Gasteiger partial charge in [0.2, 0.25) is 0 Å². The molecule has 7 heteroatoms. The number of benzene rings is 1. The van der Waals surface area contributed by atoms with Crippen LogP contribution in [0.25, 0.3) is 0 Å². The van der Waals surface area contributed by atoms with Crippen LogP contribution in [0.1, 0.15) is 32.1 Å². The van der Waals surface area contributed by atoms with Gasteiger partial charge in [-0.05, 0) is 37.1 Å². The number of halogens is 1. The molecule has 0 atom stereocenters. The summed E-state index contributed by atoms with van der Waals surface area (Å²) in [6.45, 7) is -0.0799. The second-order valence-electron chi connectivity index (χ2n) is 5.10. The molecule has 1 aromatic rings. The molecule has 116 valence electrons. The molecule has 1 fully saturated rings. The van der Waals surface area contributed by atoms with E-state index in [0.717, 1.165) is 25.7 Å². The molecule has 0 heterocycles. The average molecular weight is 332 g/mol. The van der Waals surface area contributed by atoms with Gasteiger partial charge in [-0.25, -0.2) is 8.42 Å². The van der Waals surface area contributed by atoms with Gasteiger partial charge < -0.3 is 10.1 Å². The highest BCUT2D eigenvalue weighted by molar-refractivity contribution is 8.13. The number of hydrogen-bond acceptors (Lipinski definition) is 4. The Balaban J connectivity index is 1.81. The fourth-order valence-corrected chi connectivity index (χ4v) is 3.13. The van der Waals surface area contributed by atoms with Crippen LogP contribution >= 0.6 is 10.7 Å². The van der Waals surface area contributed by atoms with Gasteiger partial charge in [-0.3, -0.25) is 4.79 Å². The largest absolute Gasteiger partial charge is 0.484 e. The summed E-state index contributed by atoms with van der Waals surface area (Å²) in [6, 6.07) is 5.89. The first-order chi connectivity index (χ1) is 9.95. The smallest absolute Gasteiger partial charge is 0.261 e. The number of ether oxygens (including phenoxy) is 1. The Kier molecular flexibility index (Phi) is 5.47. The van der Waals surface area contributed by atoms with Crippen molar-refractivity contribution in [2.45, 2.75) is 43.0 Å². The summed E-state index contributed by atoms with van der Waals surface area (Å²) in [5.74, 6) is 0.272. The van der Waals surface area contributed by atoms with Crippen LogP contribution in [-0.2, 0) is 13.8 Å². The maximum absolute atomic E-state index is 11.8. The summed E-state index contributed by atoms with van der Waals surface area (Å²) in [5, 5.41) is 2.94. The standard InChI is InChI=1S/C14H18ClNO4S/c15-21(18,19)13-8-6-12(7-9-13)20-10-14(17)16-11-4-2-1-3-5-11/h6-9,11H,1-5,10H2,(H,16,17). The van der Waals surface area contributed by atoms with Crippen molar-refractivity contribution in [1.82, 2.24) is 5.32 Å². The molecule has 0 saturated heterocycles. The summed E-state index contributed by atoms with van der Waals surface area (Å²) in [6.07, 6.45) is 5.58. The van der Waals surface area contributed by atoms with Gasteiger partial charge in [-0.1, -0.05) is 19.3 Å². The average Bonchev–Trinajstić information content (AvgIpc) is 2.46. The number of nitrogens with one attached hydrogen (secondary N) is 1. The SMILES string of the molecule is O=C(COc1ccc(S(=O)(=O)Cl)cc1)NC1CCCCC1. The van der Waals surface area contributed by atoms with Crippen LogP contribution in [0.2, 0.25) is 0 Å². The van der Waals surface area contributed by atoms with Gasteiger partial charge in [-0.2, -0.15) is 0 Å². The second-order valence-corrected chi connectivity index (χ2v) is 7.67. The fraction of sp³-hybridized carbons (Fsp3) is 0.500. The van der Waals surface area contributed by atoms with Crippen molar-refractivity contribution in [3.63, 3.8) is 0 Å². The first-order valence-electron chi connectivity index (χ1n) is 6.92. The van der Waals surface area contributed by atoms with Crippen LogP contribution in [0.3, 0.4) is 0 Å². The molecule has 2 rings (SSSR count). The molecule has 0 radical (unpaired) electrons. The van der Waals surface area contributed by atoms with Crippen LogP contribution in [-0.4, -0.2) is 27.0 Å². The van der Waals surface area contributed by atoms with E-state index < -0.39 is 9.05 Å². The van der Waals surface area contributed by atoms with E-state index in [9.17, 15) is 13.2 Å². The maximum Gasteiger partial charge on any atom is 0.261 e. The molecule has 0 bridgehead atoms. The van der Waals surface area contributed by atoms with Crippen LogP contribution in [0.4, 0.5) is 0 Å². The van der Waals surface area contributed by atoms with E-state index in [2.05, 4.69) is 5.32 Å². The number of carbonyl (C=O) groups excluding carboxylic acids is 1. The molecule has 0 aromatic heterocycles. The Morgan fingerprint density at radius 2 is 1.81 bits per heavy atom. The molecule has 1 saturated carbocycles. The van der Waals surface area contributed by atoms with E-state index in [1.54, 1.807) is 0 Å². The molecule has 1 aromatic carbocycles. The molecule has 0 unspecified atom stereocenters. The summed E-state index contributed by atoms with van der Waals surface area (Å²) in [4.78, 5) is 11.8. The Morgan fingerprint density at radius 3 is 2.38 bits per heavy atom. The molecule has 0 spiro atoms. The lowest BCUT2D eigenvalue weighted by atomic mass is 9.95. The van der Waals surface area contributed by atoms with E-state index in [0.29, 0.717) is 5.75 Å². The van der Waals surface area contributed by atoms with E-state index in [1.807, 2.05) is 0 Å². The molecule has 5 nitrogen and oxygen atoms in total. The van der Waals surface area contributed by atoms with E-state index >= 15 is 0 Å². The zero-order valence-electron chi connectivity index (χ0n) is 11.5. The molecule has 1 amide bonds. The minimum absolute atomic E-state index is 0.00294. The molecule has 0 aliphatic heterocycles. The highest BCUT2D eigenvalue weighted by atomic mass is 35.7. The molecule has 1 aliphatic rings. The van der Waals surface area contributed by atoms with Crippen LogP contribution < -0.4 is 10.1 Å². The van der Waals surface area contributed by atoms with Crippen molar-refractivity contribution in [2.75, 3.05) is 6.61 Å². The van der Waals surface area contributed by atoms with Gasteiger partial charge in [0, 0.05) is 16.7 Å². The van der Waals surface area contributed by atoms with E-state index in [4.69, 9.17) is 15.4 Å². The van der Waals surface area contributed by atoms with Crippen molar-refractivity contribution >= 4 is 25.6 Å². The Bertz CT molecular complexity index is 579. The molecular weight excluding hydrogens is 314 g/mol. The monoisotopic (exact) mass is 331 g/mol. The predicted molar refractivity (Wildman–Crippen MR) is 80.0 cm³/mol. The molecular formula is C14H18ClNO4S. The topological polar surface area (TPSA) is 72.5 Å². The number of rotatable bonds is 5. The lowest BCUT2D eigenvalue weighted by Crippen LogP contribution is -2.38. The third-order valence-electron chi connectivity index (χ3n) is 3.45. The van der Waals surface area contributed by atoms with Gasteiger partial charge >= 0.3 is 0 Å². The molecule has 21 heavy (non-hydrogen) atoms. The molecule has 1 N–H and O–H groups in total.